The summed E-state index contributed by atoms with van der Waals surface area (Å²) >= 11 is 0. The highest BCUT2D eigenvalue weighted by atomic mass is 35.5. The molecule has 6 nitrogen and oxygen atoms in total. The third kappa shape index (κ3) is 4.56. The van der Waals surface area contributed by atoms with Crippen LogP contribution in [0, 0.1) is 0 Å². The second-order valence-corrected chi connectivity index (χ2v) is 7.57. The minimum absolute atomic E-state index is 0. The third-order valence-electron chi connectivity index (χ3n) is 5.34. The zero-order valence-corrected chi connectivity index (χ0v) is 17.0. The monoisotopic (exact) mass is 401 g/mol. The Morgan fingerprint density at radius 3 is 2.82 bits per heavy atom. The molecular formula is C21H28ClN5O. The van der Waals surface area contributed by atoms with Crippen LogP contribution in [0.15, 0.2) is 30.3 Å². The van der Waals surface area contributed by atoms with Gasteiger partial charge in [0.2, 0.25) is 5.91 Å². The number of primary amides is 1. The summed E-state index contributed by atoms with van der Waals surface area (Å²) in [6.07, 6.45) is 3.56. The number of hydrogen-bond donors (Lipinski definition) is 3. The summed E-state index contributed by atoms with van der Waals surface area (Å²) in [5.41, 5.74) is 10.9. The minimum atomic E-state index is -0.308. The first-order valence-electron chi connectivity index (χ1n) is 9.74. The quantitative estimate of drug-likeness (QED) is 0.717. The van der Waals surface area contributed by atoms with Gasteiger partial charge in [0.25, 0.3) is 0 Å². The number of aromatic nitrogens is 1. The predicted molar refractivity (Wildman–Crippen MR) is 116 cm³/mol. The van der Waals surface area contributed by atoms with Crippen LogP contribution in [-0.2, 0) is 24.1 Å². The van der Waals surface area contributed by atoms with Crippen LogP contribution in [-0.4, -0.2) is 36.6 Å². The van der Waals surface area contributed by atoms with Gasteiger partial charge in [-0.25, -0.2) is 4.98 Å². The van der Waals surface area contributed by atoms with Gasteiger partial charge in [-0.05, 0) is 49.4 Å². The average molecular weight is 402 g/mol. The van der Waals surface area contributed by atoms with Crippen LogP contribution in [0.2, 0.25) is 0 Å². The van der Waals surface area contributed by atoms with E-state index < -0.39 is 0 Å². The van der Waals surface area contributed by atoms with Crippen LogP contribution in [0.4, 0.5) is 17.2 Å². The van der Waals surface area contributed by atoms with Gasteiger partial charge in [-0.15, -0.1) is 12.4 Å². The Labute approximate surface area is 172 Å². The molecule has 0 bridgehead atoms. The number of aryl methyl sites for hydroxylation is 1. The van der Waals surface area contributed by atoms with E-state index in [2.05, 4.69) is 28.5 Å². The van der Waals surface area contributed by atoms with E-state index >= 15 is 0 Å². The number of carbonyl (C=O) groups excluding carboxylic acids is 1. The molecule has 4 rings (SSSR count). The van der Waals surface area contributed by atoms with Gasteiger partial charge < -0.3 is 21.3 Å². The maximum atomic E-state index is 11.1. The molecule has 2 aliphatic rings. The smallest absolute Gasteiger partial charge is 0.221 e. The lowest BCUT2D eigenvalue weighted by molar-refractivity contribution is -0.117. The fourth-order valence-corrected chi connectivity index (χ4v) is 4.00. The molecule has 0 radical (unpaired) electrons. The van der Waals surface area contributed by atoms with Crippen molar-refractivity contribution in [2.75, 3.05) is 29.9 Å². The first kappa shape index (κ1) is 20.4. The lowest BCUT2D eigenvalue weighted by atomic mass is 10.1. The topological polar surface area (TPSA) is 83.3 Å². The molecule has 0 spiro atoms. The fourth-order valence-electron chi connectivity index (χ4n) is 4.00. The maximum Gasteiger partial charge on any atom is 0.221 e. The molecule has 1 aliphatic carbocycles. The van der Waals surface area contributed by atoms with Crippen molar-refractivity contribution in [3.63, 3.8) is 0 Å². The van der Waals surface area contributed by atoms with Crippen molar-refractivity contribution in [1.82, 2.24) is 10.3 Å². The highest BCUT2D eigenvalue weighted by Gasteiger charge is 2.22. The van der Waals surface area contributed by atoms with Crippen molar-refractivity contribution in [3.8, 4) is 0 Å². The molecule has 150 valence electrons. The number of piperazine rings is 1. The van der Waals surface area contributed by atoms with Crippen LogP contribution < -0.4 is 21.3 Å². The van der Waals surface area contributed by atoms with Crippen LogP contribution in [0.25, 0.3) is 0 Å². The number of fused-ring (bicyclic) bond motifs is 1. The zero-order valence-electron chi connectivity index (χ0n) is 16.2. The SMILES string of the molecule is CC1CN(c2cc(Nc3ccc(CC(N)=O)cc3)c3c(n2)CCC3)CCN1.Cl. The molecule has 1 fully saturated rings. The molecule has 4 N–H and O–H groups in total. The van der Waals surface area contributed by atoms with Gasteiger partial charge in [-0.2, -0.15) is 0 Å². The van der Waals surface area contributed by atoms with E-state index in [4.69, 9.17) is 10.7 Å². The third-order valence-corrected chi connectivity index (χ3v) is 5.34. The number of amides is 1. The van der Waals surface area contributed by atoms with Crippen molar-refractivity contribution >= 4 is 35.5 Å². The van der Waals surface area contributed by atoms with Gasteiger partial charge in [0.15, 0.2) is 0 Å². The van der Waals surface area contributed by atoms with E-state index in [0.717, 1.165) is 61.7 Å². The number of nitrogens with one attached hydrogen (secondary N) is 2. The summed E-state index contributed by atoms with van der Waals surface area (Å²) < 4.78 is 0. The van der Waals surface area contributed by atoms with Gasteiger partial charge in [-0.3, -0.25) is 4.79 Å². The molecule has 2 heterocycles. The summed E-state index contributed by atoms with van der Waals surface area (Å²) in [6.45, 7) is 5.17. The van der Waals surface area contributed by atoms with E-state index in [1.165, 1.54) is 11.3 Å². The Balaban J connectivity index is 0.00000225. The zero-order chi connectivity index (χ0) is 18.8. The number of nitrogens with zero attached hydrogens (tertiary/aromatic N) is 2. The van der Waals surface area contributed by atoms with Crippen molar-refractivity contribution in [1.29, 1.82) is 0 Å². The molecule has 1 aromatic heterocycles. The summed E-state index contributed by atoms with van der Waals surface area (Å²) in [4.78, 5) is 18.4. The standard InChI is InChI=1S/C21H27N5O.ClH/c1-14-13-26(10-9-23-14)21-12-19(17-3-2-4-18(17)25-21)24-16-7-5-15(6-8-16)11-20(22)27;/h5-8,12,14,23H,2-4,9-11,13H2,1H3,(H2,22,27)(H,24,25);1H. The predicted octanol–water partition coefficient (Wildman–Crippen LogP) is 2.56. The summed E-state index contributed by atoms with van der Waals surface area (Å²) in [7, 11) is 0. The molecule has 1 aliphatic heterocycles. The van der Waals surface area contributed by atoms with Gasteiger partial charge in [0, 0.05) is 48.8 Å². The van der Waals surface area contributed by atoms with Crippen molar-refractivity contribution in [2.24, 2.45) is 5.73 Å². The fraction of sp³-hybridized carbons (Fsp3) is 0.429. The minimum Gasteiger partial charge on any atom is -0.369 e. The summed E-state index contributed by atoms with van der Waals surface area (Å²) in [6, 6.07) is 10.6. The van der Waals surface area contributed by atoms with E-state index in [1.54, 1.807) is 0 Å². The maximum absolute atomic E-state index is 11.1. The number of hydrogen-bond acceptors (Lipinski definition) is 5. The van der Waals surface area contributed by atoms with Crippen LogP contribution in [0.5, 0.6) is 0 Å². The number of carbonyl (C=O) groups is 1. The highest BCUT2D eigenvalue weighted by Crippen LogP contribution is 2.33. The Hall–Kier alpha value is -2.31. The highest BCUT2D eigenvalue weighted by molar-refractivity contribution is 5.85. The van der Waals surface area contributed by atoms with Crippen LogP contribution in [0.3, 0.4) is 0 Å². The molecule has 0 saturated carbocycles. The summed E-state index contributed by atoms with van der Waals surface area (Å²) in [5, 5.41) is 7.07. The van der Waals surface area contributed by atoms with E-state index in [-0.39, 0.29) is 24.7 Å². The molecular weight excluding hydrogens is 374 g/mol. The number of anilines is 3. The lowest BCUT2D eigenvalue weighted by Crippen LogP contribution is -2.49. The largest absolute Gasteiger partial charge is 0.369 e. The molecule has 28 heavy (non-hydrogen) atoms. The first-order chi connectivity index (χ1) is 13.1. The molecule has 1 atom stereocenters. The lowest BCUT2D eigenvalue weighted by Gasteiger charge is -2.33. The van der Waals surface area contributed by atoms with Crippen molar-refractivity contribution < 1.29 is 4.79 Å². The van der Waals surface area contributed by atoms with Crippen LogP contribution in [0.1, 0.15) is 30.2 Å². The van der Waals surface area contributed by atoms with E-state index in [0.29, 0.717) is 6.04 Å². The van der Waals surface area contributed by atoms with Crippen LogP contribution >= 0.6 is 12.4 Å². The molecule has 7 heteroatoms. The second kappa shape index (κ2) is 8.80. The Kier molecular flexibility index (Phi) is 6.42. The van der Waals surface area contributed by atoms with Gasteiger partial charge in [0.1, 0.15) is 5.82 Å². The first-order valence-corrected chi connectivity index (χ1v) is 9.74. The van der Waals surface area contributed by atoms with E-state index in [1.807, 2.05) is 24.3 Å². The van der Waals surface area contributed by atoms with Gasteiger partial charge in [-0.1, -0.05) is 12.1 Å². The van der Waals surface area contributed by atoms with Crippen molar-refractivity contribution in [3.05, 3.63) is 47.2 Å². The number of pyridine rings is 1. The molecule has 1 saturated heterocycles. The average Bonchev–Trinajstić information content (AvgIpc) is 3.12. The molecule has 1 unspecified atom stereocenters. The number of rotatable bonds is 5. The second-order valence-electron chi connectivity index (χ2n) is 7.57. The van der Waals surface area contributed by atoms with Crippen molar-refractivity contribution in [2.45, 2.75) is 38.6 Å². The molecule has 2 aromatic rings. The molecule has 1 amide bonds. The number of halogens is 1. The Bertz CT molecular complexity index is 839. The van der Waals surface area contributed by atoms with E-state index in [9.17, 15) is 4.79 Å². The molecule has 1 aromatic carbocycles. The van der Waals surface area contributed by atoms with Gasteiger partial charge in [0.05, 0.1) is 6.42 Å². The Morgan fingerprint density at radius 1 is 1.32 bits per heavy atom. The number of benzene rings is 1. The Morgan fingerprint density at radius 2 is 2.11 bits per heavy atom. The van der Waals surface area contributed by atoms with Gasteiger partial charge >= 0.3 is 0 Å². The number of nitrogens with two attached hydrogens (primary N) is 1. The summed E-state index contributed by atoms with van der Waals surface area (Å²) in [5.74, 6) is 0.759. The normalized spacial score (nSPS) is 18.3.